The Bertz CT molecular complexity index is 326. The van der Waals surface area contributed by atoms with Crippen LogP contribution in [0.4, 0.5) is 0 Å². The second kappa shape index (κ2) is 6.19. The number of carboxylic acids is 1. The van der Waals surface area contributed by atoms with E-state index in [0.29, 0.717) is 0 Å². The fourth-order valence-electron chi connectivity index (χ4n) is 1.23. The van der Waals surface area contributed by atoms with E-state index in [9.17, 15) is 5.11 Å². The number of aliphatic hydroxyl groups excluding tert-OH is 1. The van der Waals surface area contributed by atoms with Crippen molar-refractivity contribution in [1.29, 1.82) is 0 Å². The average molecular weight is 210 g/mol. The van der Waals surface area contributed by atoms with Crippen LogP contribution in [0.2, 0.25) is 0 Å². The number of aliphatic carboxylic acids is 1. The molecule has 15 heavy (non-hydrogen) atoms. The third-order valence-electron chi connectivity index (χ3n) is 2.10. The van der Waals surface area contributed by atoms with Gasteiger partial charge in [-0.25, -0.2) is 0 Å². The van der Waals surface area contributed by atoms with Crippen LogP contribution in [0.3, 0.4) is 0 Å². The van der Waals surface area contributed by atoms with Gasteiger partial charge in [-0.15, -0.1) is 0 Å². The summed E-state index contributed by atoms with van der Waals surface area (Å²) in [5.41, 5.74) is 3.47. The topological polar surface area (TPSA) is 57.5 Å². The highest BCUT2D eigenvalue weighted by molar-refractivity contribution is 5.62. The summed E-state index contributed by atoms with van der Waals surface area (Å²) in [7, 11) is 0. The number of carboxylic acid groups (broad SMARTS) is 1. The minimum Gasteiger partial charge on any atom is -0.481 e. The normalized spacial score (nSPS) is 11.3. The Balaban J connectivity index is 0.000000423. The minimum atomic E-state index is -0.833. The number of aliphatic hydroxyl groups is 1. The molecule has 2 N–H and O–H groups in total. The van der Waals surface area contributed by atoms with Crippen molar-refractivity contribution in [2.75, 3.05) is 0 Å². The van der Waals surface area contributed by atoms with Crippen LogP contribution in [-0.2, 0) is 4.79 Å². The molecule has 0 fully saturated rings. The van der Waals surface area contributed by atoms with Gasteiger partial charge in [-0.3, -0.25) is 4.79 Å². The molecule has 0 saturated carbocycles. The van der Waals surface area contributed by atoms with E-state index in [-0.39, 0.29) is 6.10 Å². The molecule has 0 aliphatic heterocycles. The molecular formula is C12H18O3. The third-order valence-corrected chi connectivity index (χ3v) is 2.10. The van der Waals surface area contributed by atoms with E-state index in [2.05, 4.69) is 13.0 Å². The molecule has 1 atom stereocenters. The molecule has 0 aliphatic rings. The number of rotatable bonds is 1. The van der Waals surface area contributed by atoms with Gasteiger partial charge in [0, 0.05) is 6.92 Å². The second-order valence-corrected chi connectivity index (χ2v) is 3.48. The Kier molecular flexibility index (Phi) is 5.64. The van der Waals surface area contributed by atoms with Gasteiger partial charge in [0.2, 0.25) is 0 Å². The molecule has 1 unspecified atom stereocenters. The van der Waals surface area contributed by atoms with Crippen molar-refractivity contribution in [2.24, 2.45) is 0 Å². The van der Waals surface area contributed by atoms with Crippen LogP contribution in [-0.4, -0.2) is 16.2 Å². The maximum absolute atomic E-state index is 9.33. The van der Waals surface area contributed by atoms with Crippen molar-refractivity contribution in [3.63, 3.8) is 0 Å². The van der Waals surface area contributed by atoms with Crippen molar-refractivity contribution >= 4 is 5.97 Å². The lowest BCUT2D eigenvalue weighted by molar-refractivity contribution is -0.134. The third kappa shape index (κ3) is 5.18. The highest BCUT2D eigenvalue weighted by Crippen LogP contribution is 2.19. The maximum atomic E-state index is 9.33. The smallest absolute Gasteiger partial charge is 0.300 e. The lowest BCUT2D eigenvalue weighted by Crippen LogP contribution is -1.95. The van der Waals surface area contributed by atoms with Gasteiger partial charge < -0.3 is 10.2 Å². The number of hydrogen-bond acceptors (Lipinski definition) is 2. The Labute approximate surface area is 90.4 Å². The molecule has 0 aliphatic carbocycles. The van der Waals surface area contributed by atoms with E-state index in [1.165, 1.54) is 11.1 Å². The molecule has 1 rings (SSSR count). The Morgan fingerprint density at radius 3 is 2.13 bits per heavy atom. The molecular weight excluding hydrogens is 192 g/mol. The van der Waals surface area contributed by atoms with E-state index in [1.54, 1.807) is 6.92 Å². The summed E-state index contributed by atoms with van der Waals surface area (Å²) in [6, 6.07) is 6.00. The fraction of sp³-hybridized carbons (Fsp3) is 0.417. The van der Waals surface area contributed by atoms with Gasteiger partial charge in [0.25, 0.3) is 5.97 Å². The zero-order valence-corrected chi connectivity index (χ0v) is 9.61. The van der Waals surface area contributed by atoms with Gasteiger partial charge in [-0.05, 0) is 37.5 Å². The molecule has 0 heterocycles. The SMILES string of the molecule is CC(=O)O.Cc1cccc(C(C)O)c1C. The number of benzene rings is 1. The zero-order chi connectivity index (χ0) is 12.0. The second-order valence-electron chi connectivity index (χ2n) is 3.48. The lowest BCUT2D eigenvalue weighted by Gasteiger charge is -2.10. The molecule has 84 valence electrons. The van der Waals surface area contributed by atoms with Crippen molar-refractivity contribution in [3.05, 3.63) is 34.9 Å². The van der Waals surface area contributed by atoms with Crippen LogP contribution in [0.1, 0.15) is 36.6 Å². The predicted molar refractivity (Wildman–Crippen MR) is 59.9 cm³/mol. The van der Waals surface area contributed by atoms with Crippen molar-refractivity contribution in [2.45, 2.75) is 33.8 Å². The summed E-state index contributed by atoms with van der Waals surface area (Å²) in [4.78, 5) is 9.00. The summed E-state index contributed by atoms with van der Waals surface area (Å²) in [6.45, 7) is 6.97. The largest absolute Gasteiger partial charge is 0.481 e. The lowest BCUT2D eigenvalue weighted by atomic mass is 10.0. The van der Waals surface area contributed by atoms with E-state index in [1.807, 2.05) is 19.1 Å². The molecule has 1 aromatic rings. The molecule has 3 heteroatoms. The van der Waals surface area contributed by atoms with Crippen molar-refractivity contribution in [3.8, 4) is 0 Å². The molecule has 0 spiro atoms. The zero-order valence-electron chi connectivity index (χ0n) is 9.61. The fourth-order valence-corrected chi connectivity index (χ4v) is 1.23. The van der Waals surface area contributed by atoms with Gasteiger partial charge >= 0.3 is 0 Å². The van der Waals surface area contributed by atoms with E-state index < -0.39 is 5.97 Å². The highest BCUT2D eigenvalue weighted by atomic mass is 16.4. The molecule has 0 radical (unpaired) electrons. The van der Waals surface area contributed by atoms with Gasteiger partial charge in [-0.1, -0.05) is 18.2 Å². The first-order valence-corrected chi connectivity index (χ1v) is 4.80. The van der Waals surface area contributed by atoms with Crippen LogP contribution < -0.4 is 0 Å². The van der Waals surface area contributed by atoms with Crippen LogP contribution in [0.15, 0.2) is 18.2 Å². The number of carbonyl (C=O) groups is 1. The number of hydrogen-bond donors (Lipinski definition) is 2. The molecule has 0 saturated heterocycles. The Morgan fingerprint density at radius 2 is 1.80 bits per heavy atom. The van der Waals surface area contributed by atoms with Gasteiger partial charge in [0.15, 0.2) is 0 Å². The minimum absolute atomic E-state index is 0.352. The maximum Gasteiger partial charge on any atom is 0.300 e. The summed E-state index contributed by atoms with van der Waals surface area (Å²) in [5.74, 6) is -0.833. The average Bonchev–Trinajstić information content (AvgIpc) is 2.08. The summed E-state index contributed by atoms with van der Waals surface area (Å²) >= 11 is 0. The van der Waals surface area contributed by atoms with E-state index >= 15 is 0 Å². The Morgan fingerprint density at radius 1 is 1.33 bits per heavy atom. The molecule has 3 nitrogen and oxygen atoms in total. The Hall–Kier alpha value is -1.35. The van der Waals surface area contributed by atoms with Crippen LogP contribution in [0, 0.1) is 13.8 Å². The molecule has 0 aromatic heterocycles. The first-order chi connectivity index (χ1) is 6.86. The summed E-state index contributed by atoms with van der Waals surface area (Å²) < 4.78 is 0. The van der Waals surface area contributed by atoms with E-state index in [4.69, 9.17) is 9.90 Å². The molecule has 0 amide bonds. The number of aryl methyl sites for hydroxylation is 1. The molecule has 0 bridgehead atoms. The van der Waals surface area contributed by atoms with Crippen LogP contribution in [0.5, 0.6) is 0 Å². The van der Waals surface area contributed by atoms with Gasteiger partial charge in [-0.2, -0.15) is 0 Å². The van der Waals surface area contributed by atoms with E-state index in [0.717, 1.165) is 12.5 Å². The summed E-state index contributed by atoms with van der Waals surface area (Å²) in [6.07, 6.45) is -0.352. The predicted octanol–water partition coefficient (Wildman–Crippen LogP) is 2.45. The monoisotopic (exact) mass is 210 g/mol. The first-order valence-electron chi connectivity index (χ1n) is 4.80. The van der Waals surface area contributed by atoms with Crippen LogP contribution in [0.25, 0.3) is 0 Å². The van der Waals surface area contributed by atoms with Gasteiger partial charge in [0.1, 0.15) is 0 Å². The standard InChI is InChI=1S/C10H14O.C2H4O2/c1-7-5-4-6-10(8(7)2)9(3)11;1-2(3)4/h4-6,9,11H,1-3H3;1H3,(H,3,4). The highest BCUT2D eigenvalue weighted by Gasteiger charge is 2.04. The van der Waals surface area contributed by atoms with Crippen LogP contribution >= 0.6 is 0 Å². The van der Waals surface area contributed by atoms with Gasteiger partial charge in [0.05, 0.1) is 6.10 Å². The summed E-state index contributed by atoms with van der Waals surface area (Å²) in [5, 5.41) is 16.7. The first kappa shape index (κ1) is 13.7. The molecule has 1 aromatic carbocycles. The van der Waals surface area contributed by atoms with Crippen molar-refractivity contribution < 1.29 is 15.0 Å². The van der Waals surface area contributed by atoms with Crippen molar-refractivity contribution in [1.82, 2.24) is 0 Å². The quantitative estimate of drug-likeness (QED) is 0.748.